The molecule has 2 aromatic rings. The van der Waals surface area contributed by atoms with Crippen LogP contribution < -0.4 is 10.1 Å². The van der Waals surface area contributed by atoms with Crippen LogP contribution in [0.25, 0.3) is 0 Å². The number of nitrogens with zero attached hydrogens (tertiary/aromatic N) is 3. The van der Waals surface area contributed by atoms with E-state index in [0.717, 1.165) is 30.2 Å². The number of para-hydroxylation sites is 1. The number of amides is 1. The van der Waals surface area contributed by atoms with Crippen LogP contribution >= 0.6 is 23.4 Å². The molecule has 1 saturated carbocycles. The molecule has 1 aromatic carbocycles. The third-order valence-electron chi connectivity index (χ3n) is 4.22. The molecule has 0 aliphatic heterocycles. The van der Waals surface area contributed by atoms with E-state index >= 15 is 0 Å². The van der Waals surface area contributed by atoms with Crippen molar-refractivity contribution in [3.63, 3.8) is 0 Å². The minimum Gasteiger partial charge on any atom is -0.484 e. The summed E-state index contributed by atoms with van der Waals surface area (Å²) in [7, 11) is 0. The van der Waals surface area contributed by atoms with Crippen molar-refractivity contribution < 1.29 is 9.53 Å². The number of aromatic nitrogens is 3. The van der Waals surface area contributed by atoms with Crippen LogP contribution in [0.4, 0.5) is 0 Å². The molecule has 1 heterocycles. The maximum atomic E-state index is 12.0. The smallest absolute Gasteiger partial charge is 0.230 e. The van der Waals surface area contributed by atoms with Gasteiger partial charge in [0.1, 0.15) is 12.4 Å². The highest BCUT2D eigenvalue weighted by Crippen LogP contribution is 2.39. The number of thioether (sulfide) groups is 1. The van der Waals surface area contributed by atoms with Crippen LogP contribution in [-0.2, 0) is 11.4 Å². The number of ether oxygens (including phenoxy) is 1. The van der Waals surface area contributed by atoms with Gasteiger partial charge < -0.3 is 10.1 Å². The number of rotatable bonds is 10. The SMILES string of the molecule is CC(C)CCNC(=O)CSc1nnc(COc2ccccc2Cl)n1C1CC1. The zero-order valence-electron chi connectivity index (χ0n) is 15.7. The first kappa shape index (κ1) is 20.0. The van der Waals surface area contributed by atoms with Gasteiger partial charge in [-0.25, -0.2) is 0 Å². The highest BCUT2D eigenvalue weighted by molar-refractivity contribution is 7.99. The summed E-state index contributed by atoms with van der Waals surface area (Å²) in [5.41, 5.74) is 0. The van der Waals surface area contributed by atoms with E-state index < -0.39 is 0 Å². The Morgan fingerprint density at radius 2 is 2.15 bits per heavy atom. The number of carbonyl (C=O) groups excluding carboxylic acids is 1. The van der Waals surface area contributed by atoms with Gasteiger partial charge in [-0.2, -0.15) is 0 Å². The van der Waals surface area contributed by atoms with Gasteiger partial charge in [-0.05, 0) is 37.3 Å². The van der Waals surface area contributed by atoms with Gasteiger partial charge in [0.2, 0.25) is 5.91 Å². The van der Waals surface area contributed by atoms with Crippen molar-refractivity contribution in [1.29, 1.82) is 0 Å². The second-order valence-corrected chi connectivity index (χ2v) is 8.39. The van der Waals surface area contributed by atoms with Crippen LogP contribution in [0.15, 0.2) is 29.4 Å². The molecule has 0 saturated heterocycles. The van der Waals surface area contributed by atoms with Gasteiger partial charge in [0.25, 0.3) is 0 Å². The monoisotopic (exact) mass is 408 g/mol. The number of hydrogen-bond acceptors (Lipinski definition) is 5. The van der Waals surface area contributed by atoms with Crippen molar-refractivity contribution >= 4 is 29.3 Å². The first-order valence-corrected chi connectivity index (χ1v) is 10.6. The molecule has 0 unspecified atom stereocenters. The minimum atomic E-state index is 0.0277. The van der Waals surface area contributed by atoms with E-state index in [1.165, 1.54) is 11.8 Å². The fraction of sp³-hybridized carbons (Fsp3) is 0.526. The Kier molecular flexibility index (Phi) is 7.01. The Morgan fingerprint density at radius 1 is 1.37 bits per heavy atom. The van der Waals surface area contributed by atoms with Gasteiger partial charge in [-0.3, -0.25) is 9.36 Å². The van der Waals surface area contributed by atoms with E-state index in [-0.39, 0.29) is 5.91 Å². The Labute approximate surface area is 169 Å². The topological polar surface area (TPSA) is 69.0 Å². The Balaban J connectivity index is 1.57. The molecule has 146 valence electrons. The van der Waals surface area contributed by atoms with Crippen molar-refractivity contribution in [3.8, 4) is 5.75 Å². The van der Waals surface area contributed by atoms with Crippen LogP contribution in [-0.4, -0.2) is 33.0 Å². The van der Waals surface area contributed by atoms with Crippen LogP contribution in [0, 0.1) is 5.92 Å². The molecule has 1 aliphatic carbocycles. The average molecular weight is 409 g/mol. The lowest BCUT2D eigenvalue weighted by atomic mass is 10.1. The molecule has 8 heteroatoms. The minimum absolute atomic E-state index is 0.0277. The molecule has 1 N–H and O–H groups in total. The molecule has 27 heavy (non-hydrogen) atoms. The predicted octanol–water partition coefficient (Wildman–Crippen LogP) is 4.10. The van der Waals surface area contributed by atoms with Gasteiger partial charge in [0.05, 0.1) is 10.8 Å². The van der Waals surface area contributed by atoms with Crippen molar-refractivity contribution in [1.82, 2.24) is 20.1 Å². The highest BCUT2D eigenvalue weighted by Gasteiger charge is 2.30. The standard InChI is InChI=1S/C19H25ClN4O2S/c1-13(2)9-10-21-18(25)12-27-19-23-22-17(24(19)14-7-8-14)11-26-16-6-4-3-5-15(16)20/h3-6,13-14H,7-12H2,1-2H3,(H,21,25). The first-order chi connectivity index (χ1) is 13.0. The van der Waals surface area contributed by atoms with Gasteiger partial charge in [0.15, 0.2) is 11.0 Å². The Morgan fingerprint density at radius 3 is 2.85 bits per heavy atom. The van der Waals surface area contributed by atoms with E-state index in [4.69, 9.17) is 16.3 Å². The summed E-state index contributed by atoms with van der Waals surface area (Å²) in [6.07, 6.45) is 3.19. The molecule has 3 rings (SSSR count). The molecule has 1 aromatic heterocycles. The summed E-state index contributed by atoms with van der Waals surface area (Å²) >= 11 is 7.56. The van der Waals surface area contributed by atoms with Gasteiger partial charge in [-0.15, -0.1) is 10.2 Å². The number of carbonyl (C=O) groups is 1. The van der Waals surface area contributed by atoms with Crippen LogP contribution in [0.5, 0.6) is 5.75 Å². The summed E-state index contributed by atoms with van der Waals surface area (Å²) < 4.78 is 7.91. The maximum absolute atomic E-state index is 12.0. The third kappa shape index (κ3) is 5.87. The van der Waals surface area contributed by atoms with Crippen molar-refractivity contribution in [2.24, 2.45) is 5.92 Å². The van der Waals surface area contributed by atoms with Crippen molar-refractivity contribution in [2.45, 2.75) is 50.9 Å². The van der Waals surface area contributed by atoms with Gasteiger partial charge in [0, 0.05) is 12.6 Å². The van der Waals surface area contributed by atoms with E-state index in [1.54, 1.807) is 6.07 Å². The van der Waals surface area contributed by atoms with Gasteiger partial charge >= 0.3 is 0 Å². The first-order valence-electron chi connectivity index (χ1n) is 9.25. The fourth-order valence-electron chi connectivity index (χ4n) is 2.59. The molecule has 1 amide bonds. The molecule has 6 nitrogen and oxygen atoms in total. The average Bonchev–Trinajstić information content (AvgIpc) is 3.39. The lowest BCUT2D eigenvalue weighted by Gasteiger charge is -2.11. The van der Waals surface area contributed by atoms with E-state index in [9.17, 15) is 4.79 Å². The van der Waals surface area contributed by atoms with Crippen LogP contribution in [0.3, 0.4) is 0 Å². The largest absolute Gasteiger partial charge is 0.484 e. The summed E-state index contributed by atoms with van der Waals surface area (Å²) in [4.78, 5) is 12.0. The quantitative estimate of drug-likeness (QED) is 0.599. The predicted molar refractivity (Wildman–Crippen MR) is 107 cm³/mol. The summed E-state index contributed by atoms with van der Waals surface area (Å²) in [6.45, 7) is 5.30. The second-order valence-electron chi connectivity index (χ2n) is 7.04. The number of benzene rings is 1. The van der Waals surface area contributed by atoms with Crippen molar-refractivity contribution in [2.75, 3.05) is 12.3 Å². The fourth-order valence-corrected chi connectivity index (χ4v) is 3.63. The normalized spacial score (nSPS) is 13.8. The lowest BCUT2D eigenvalue weighted by molar-refractivity contribution is -0.118. The maximum Gasteiger partial charge on any atom is 0.230 e. The van der Waals surface area contributed by atoms with E-state index in [0.29, 0.717) is 41.6 Å². The number of halogens is 1. The second kappa shape index (κ2) is 9.46. The zero-order chi connectivity index (χ0) is 19.2. The Hall–Kier alpha value is -1.73. The molecule has 1 aliphatic rings. The summed E-state index contributed by atoms with van der Waals surface area (Å²) in [5.74, 6) is 2.34. The molecule has 0 radical (unpaired) electrons. The number of nitrogens with one attached hydrogen (secondary N) is 1. The molecular weight excluding hydrogens is 384 g/mol. The molecular formula is C19H25ClN4O2S. The molecule has 1 fully saturated rings. The number of hydrogen-bond donors (Lipinski definition) is 1. The Bertz CT molecular complexity index is 777. The summed E-state index contributed by atoms with van der Waals surface area (Å²) in [6, 6.07) is 7.77. The van der Waals surface area contributed by atoms with Crippen LogP contribution in [0.2, 0.25) is 5.02 Å². The van der Waals surface area contributed by atoms with E-state index in [2.05, 4.69) is 33.9 Å². The van der Waals surface area contributed by atoms with Crippen LogP contribution in [0.1, 0.15) is 45.0 Å². The zero-order valence-corrected chi connectivity index (χ0v) is 17.2. The molecule has 0 spiro atoms. The van der Waals surface area contributed by atoms with Crippen molar-refractivity contribution in [3.05, 3.63) is 35.1 Å². The molecule has 0 atom stereocenters. The highest BCUT2D eigenvalue weighted by atomic mass is 35.5. The molecule has 0 bridgehead atoms. The summed E-state index contributed by atoms with van der Waals surface area (Å²) in [5, 5.41) is 12.8. The van der Waals surface area contributed by atoms with Gasteiger partial charge in [-0.1, -0.05) is 49.3 Å². The third-order valence-corrected chi connectivity index (χ3v) is 5.47. The lowest BCUT2D eigenvalue weighted by Crippen LogP contribution is -2.27. The van der Waals surface area contributed by atoms with E-state index in [1.807, 2.05) is 18.2 Å².